The minimum absolute atomic E-state index is 0.00713. The Morgan fingerprint density at radius 3 is 2.56 bits per heavy atom. The Bertz CT molecular complexity index is 1060. The first-order valence-electron chi connectivity index (χ1n) is 8.25. The monoisotopic (exact) mass is 376 g/mol. The largest absolute Gasteiger partial charge is 0.486 e. The second kappa shape index (κ2) is 6.26. The van der Waals surface area contributed by atoms with Gasteiger partial charge in [-0.15, -0.1) is 0 Å². The Morgan fingerprint density at radius 2 is 1.93 bits per heavy atom. The molecule has 1 atom stereocenters. The third-order valence-corrected chi connectivity index (χ3v) is 4.55. The fraction of sp³-hybridized carbons (Fsp3) is 0.278. The smallest absolute Gasteiger partial charge is 0.368 e. The summed E-state index contributed by atoms with van der Waals surface area (Å²) in [4.78, 5) is 12.2. The molecule has 27 heavy (non-hydrogen) atoms. The zero-order valence-corrected chi connectivity index (χ0v) is 14.3. The molecular weight excluding hydrogens is 361 g/mol. The standard InChI is InChI=1S/C18H15F3N4O2/c1-24-17(26)25(23-22-24)15-7-4-5-11(13-9-18(13,20)21)12(15)10-27-16-8-3-2-6-14(16)19/h2-8,13H,9-10H2,1H3. The van der Waals surface area contributed by atoms with Crippen LogP contribution < -0.4 is 10.4 Å². The SMILES string of the molecule is Cn1nnn(-c2cccc(C3CC3(F)F)c2COc2ccccc2F)c1=O. The number of ether oxygens (including phenoxy) is 1. The lowest BCUT2D eigenvalue weighted by molar-refractivity contribution is 0.112. The van der Waals surface area contributed by atoms with Crippen molar-refractivity contribution in [2.75, 3.05) is 0 Å². The van der Waals surface area contributed by atoms with Crippen LogP contribution in [0.1, 0.15) is 23.5 Å². The maximum absolute atomic E-state index is 13.9. The number of rotatable bonds is 5. The van der Waals surface area contributed by atoms with Gasteiger partial charge in [0.1, 0.15) is 6.61 Å². The highest BCUT2D eigenvalue weighted by molar-refractivity contribution is 5.49. The molecule has 4 rings (SSSR count). The Morgan fingerprint density at radius 1 is 1.19 bits per heavy atom. The van der Waals surface area contributed by atoms with Gasteiger partial charge < -0.3 is 4.74 Å². The van der Waals surface area contributed by atoms with Crippen LogP contribution in [0.25, 0.3) is 5.69 Å². The predicted molar refractivity (Wildman–Crippen MR) is 89.6 cm³/mol. The number of alkyl halides is 2. The Labute approximate surface area is 151 Å². The molecule has 1 aromatic heterocycles. The third kappa shape index (κ3) is 3.09. The molecule has 1 fully saturated rings. The molecule has 140 valence electrons. The molecule has 1 aliphatic rings. The van der Waals surface area contributed by atoms with E-state index in [2.05, 4.69) is 10.4 Å². The number of hydrogen-bond acceptors (Lipinski definition) is 4. The van der Waals surface area contributed by atoms with Gasteiger partial charge in [-0.05, 0) is 34.2 Å². The van der Waals surface area contributed by atoms with Crippen molar-refractivity contribution < 1.29 is 17.9 Å². The lowest BCUT2D eigenvalue weighted by Gasteiger charge is -2.15. The molecule has 1 saturated carbocycles. The molecule has 6 nitrogen and oxygen atoms in total. The molecule has 3 aromatic rings. The molecular formula is C18H15F3N4O2. The van der Waals surface area contributed by atoms with Crippen LogP contribution in [0.4, 0.5) is 13.2 Å². The molecule has 0 saturated heterocycles. The molecule has 0 aliphatic heterocycles. The Kier molecular flexibility index (Phi) is 4.01. The van der Waals surface area contributed by atoms with Crippen LogP contribution in [0, 0.1) is 5.82 Å². The minimum Gasteiger partial charge on any atom is -0.486 e. The molecule has 2 aromatic carbocycles. The molecule has 1 unspecified atom stereocenters. The summed E-state index contributed by atoms with van der Waals surface area (Å²) in [6.45, 7) is -0.192. The summed E-state index contributed by atoms with van der Waals surface area (Å²) < 4.78 is 48.8. The van der Waals surface area contributed by atoms with Crippen LogP contribution in [0.15, 0.2) is 47.3 Å². The van der Waals surface area contributed by atoms with Gasteiger partial charge in [0.2, 0.25) is 0 Å². The summed E-state index contributed by atoms with van der Waals surface area (Å²) in [7, 11) is 1.43. The molecule has 0 radical (unpaired) electrons. The van der Waals surface area contributed by atoms with Crippen molar-refractivity contribution in [1.82, 2.24) is 19.8 Å². The van der Waals surface area contributed by atoms with Gasteiger partial charge in [0.15, 0.2) is 11.6 Å². The summed E-state index contributed by atoms with van der Waals surface area (Å²) in [5.41, 5.74) is 0.461. The van der Waals surface area contributed by atoms with E-state index in [1.54, 1.807) is 24.3 Å². The molecule has 0 bridgehead atoms. The molecule has 1 heterocycles. The average Bonchev–Trinajstić information content (AvgIpc) is 3.16. The van der Waals surface area contributed by atoms with E-state index in [4.69, 9.17) is 4.74 Å². The first-order valence-corrected chi connectivity index (χ1v) is 8.25. The van der Waals surface area contributed by atoms with E-state index in [-0.39, 0.29) is 24.5 Å². The molecule has 9 heteroatoms. The lowest BCUT2D eigenvalue weighted by Crippen LogP contribution is -2.23. The highest BCUT2D eigenvalue weighted by Gasteiger charge is 2.58. The van der Waals surface area contributed by atoms with Gasteiger partial charge in [-0.25, -0.2) is 18.0 Å². The normalized spacial score (nSPS) is 17.7. The zero-order valence-electron chi connectivity index (χ0n) is 14.3. The number of aromatic nitrogens is 4. The van der Waals surface area contributed by atoms with Gasteiger partial charge in [-0.1, -0.05) is 24.3 Å². The van der Waals surface area contributed by atoms with E-state index in [0.29, 0.717) is 11.1 Å². The lowest BCUT2D eigenvalue weighted by atomic mass is 10.0. The number of halogens is 3. The molecule has 1 aliphatic carbocycles. The van der Waals surface area contributed by atoms with Crippen molar-refractivity contribution >= 4 is 0 Å². The number of nitrogens with zero attached hydrogens (tertiary/aromatic N) is 4. The van der Waals surface area contributed by atoms with Crippen LogP contribution in [-0.2, 0) is 13.7 Å². The van der Waals surface area contributed by atoms with E-state index >= 15 is 0 Å². The van der Waals surface area contributed by atoms with Crippen molar-refractivity contribution in [1.29, 1.82) is 0 Å². The van der Waals surface area contributed by atoms with E-state index in [9.17, 15) is 18.0 Å². The van der Waals surface area contributed by atoms with Gasteiger partial charge in [-0.3, -0.25) is 0 Å². The molecule has 0 N–H and O–H groups in total. The first kappa shape index (κ1) is 17.3. The number of para-hydroxylation sites is 1. The van der Waals surface area contributed by atoms with Crippen LogP contribution >= 0.6 is 0 Å². The highest BCUT2D eigenvalue weighted by atomic mass is 19.3. The van der Waals surface area contributed by atoms with Crippen molar-refractivity contribution in [2.45, 2.75) is 24.9 Å². The van der Waals surface area contributed by atoms with E-state index in [1.807, 2.05) is 0 Å². The van der Waals surface area contributed by atoms with Crippen molar-refractivity contribution in [3.05, 3.63) is 69.9 Å². The molecule has 0 spiro atoms. The second-order valence-corrected chi connectivity index (χ2v) is 6.38. The van der Waals surface area contributed by atoms with E-state index in [0.717, 1.165) is 9.36 Å². The third-order valence-electron chi connectivity index (χ3n) is 4.55. The summed E-state index contributed by atoms with van der Waals surface area (Å²) in [6.07, 6.45) is -0.279. The number of aryl methyl sites for hydroxylation is 1. The van der Waals surface area contributed by atoms with Gasteiger partial charge in [0, 0.05) is 19.0 Å². The fourth-order valence-electron chi connectivity index (χ4n) is 3.00. The fourth-order valence-corrected chi connectivity index (χ4v) is 3.00. The van der Waals surface area contributed by atoms with Gasteiger partial charge in [0.25, 0.3) is 5.92 Å². The van der Waals surface area contributed by atoms with Gasteiger partial charge in [0.05, 0.1) is 11.6 Å². The molecule has 0 amide bonds. The summed E-state index contributed by atoms with van der Waals surface area (Å²) >= 11 is 0. The average molecular weight is 376 g/mol. The number of benzene rings is 2. The zero-order chi connectivity index (χ0) is 19.2. The van der Waals surface area contributed by atoms with Crippen LogP contribution in [0.2, 0.25) is 0 Å². The summed E-state index contributed by atoms with van der Waals surface area (Å²) in [5.74, 6) is -4.35. The van der Waals surface area contributed by atoms with Crippen molar-refractivity contribution in [3.63, 3.8) is 0 Å². The van der Waals surface area contributed by atoms with Crippen molar-refractivity contribution in [2.24, 2.45) is 7.05 Å². The Balaban J connectivity index is 1.78. The summed E-state index contributed by atoms with van der Waals surface area (Å²) in [6, 6.07) is 10.5. The van der Waals surface area contributed by atoms with E-state index < -0.39 is 23.3 Å². The maximum atomic E-state index is 13.9. The maximum Gasteiger partial charge on any atom is 0.368 e. The minimum atomic E-state index is -2.81. The number of tetrazole rings is 1. The Hall–Kier alpha value is -3.10. The highest BCUT2D eigenvalue weighted by Crippen LogP contribution is 2.56. The van der Waals surface area contributed by atoms with Gasteiger partial charge in [-0.2, -0.15) is 9.36 Å². The quantitative estimate of drug-likeness (QED) is 0.687. The second-order valence-electron chi connectivity index (χ2n) is 6.38. The van der Waals surface area contributed by atoms with Gasteiger partial charge >= 0.3 is 5.69 Å². The van der Waals surface area contributed by atoms with E-state index in [1.165, 1.54) is 25.2 Å². The summed E-state index contributed by atoms with van der Waals surface area (Å²) in [5, 5.41) is 7.43. The van der Waals surface area contributed by atoms with Crippen LogP contribution in [0.5, 0.6) is 5.75 Å². The van der Waals surface area contributed by atoms with Crippen molar-refractivity contribution in [3.8, 4) is 11.4 Å². The van der Waals surface area contributed by atoms with Crippen LogP contribution in [0.3, 0.4) is 0 Å². The predicted octanol–water partition coefficient (Wildman–Crippen LogP) is 2.81. The topological polar surface area (TPSA) is 61.9 Å². The van der Waals surface area contributed by atoms with Crippen LogP contribution in [-0.4, -0.2) is 25.7 Å². The number of hydrogen-bond donors (Lipinski definition) is 0. The first-order chi connectivity index (χ1) is 12.9.